The number of aromatic nitrogens is 1. The van der Waals surface area contributed by atoms with Crippen LogP contribution in [0.25, 0.3) is 11.3 Å². The summed E-state index contributed by atoms with van der Waals surface area (Å²) in [5, 5.41) is 6.96. The molecule has 8 nitrogen and oxygen atoms in total. The van der Waals surface area contributed by atoms with Crippen molar-refractivity contribution in [2.24, 2.45) is 0 Å². The van der Waals surface area contributed by atoms with Gasteiger partial charge < -0.3 is 24.1 Å². The lowest BCUT2D eigenvalue weighted by Crippen LogP contribution is -2.25. The summed E-state index contributed by atoms with van der Waals surface area (Å²) in [6.07, 6.45) is 0.442. The molecule has 0 bridgehead atoms. The molecular weight excluding hydrogens is 492 g/mol. The average Bonchev–Trinajstić information content (AvgIpc) is 3.42. The summed E-state index contributed by atoms with van der Waals surface area (Å²) in [6.45, 7) is 5.75. The molecule has 37 heavy (non-hydrogen) atoms. The Kier molecular flexibility index (Phi) is 12.2. The molecule has 1 amide bonds. The number of hydrogen-bond donors (Lipinski definition) is 1. The van der Waals surface area contributed by atoms with Crippen molar-refractivity contribution in [2.45, 2.75) is 33.0 Å². The Balaban J connectivity index is 1.33. The van der Waals surface area contributed by atoms with Crippen LogP contribution in [0.4, 0.5) is 0 Å². The number of benzene rings is 2. The van der Waals surface area contributed by atoms with E-state index in [1.807, 2.05) is 56.3 Å². The predicted octanol–water partition coefficient (Wildman–Crippen LogP) is 5.30. The Morgan fingerprint density at radius 3 is 2.46 bits per heavy atom. The predicted molar refractivity (Wildman–Crippen MR) is 144 cm³/mol. The Morgan fingerprint density at radius 1 is 1.03 bits per heavy atom. The van der Waals surface area contributed by atoms with Gasteiger partial charge in [0, 0.05) is 49.1 Å². The number of nitrogens with one attached hydrogen (secondary N) is 1. The third-order valence-electron chi connectivity index (χ3n) is 5.26. The summed E-state index contributed by atoms with van der Waals surface area (Å²) in [4.78, 5) is 24.5. The van der Waals surface area contributed by atoms with Crippen molar-refractivity contribution in [1.82, 2.24) is 10.5 Å². The number of para-hydroxylation sites is 1. The molecule has 0 radical (unpaired) electrons. The van der Waals surface area contributed by atoms with E-state index in [1.165, 1.54) is 0 Å². The van der Waals surface area contributed by atoms with E-state index in [2.05, 4.69) is 10.5 Å². The molecule has 0 aliphatic heterocycles. The molecule has 3 aromatic rings. The molecule has 0 aliphatic rings. The lowest BCUT2D eigenvalue weighted by atomic mass is 10.1. The van der Waals surface area contributed by atoms with Gasteiger partial charge >= 0.3 is 0 Å². The largest absolute Gasteiger partial charge is 0.493 e. The second-order valence-corrected chi connectivity index (χ2v) is 9.15. The van der Waals surface area contributed by atoms with Crippen LogP contribution in [0.2, 0.25) is 0 Å². The van der Waals surface area contributed by atoms with Crippen molar-refractivity contribution in [3.63, 3.8) is 0 Å². The van der Waals surface area contributed by atoms with Crippen LogP contribution in [0.15, 0.2) is 65.2 Å². The number of nitrogens with zero attached hydrogens (tertiary/aromatic N) is 1. The van der Waals surface area contributed by atoms with Crippen molar-refractivity contribution in [1.29, 1.82) is 0 Å². The van der Waals surface area contributed by atoms with E-state index in [9.17, 15) is 9.59 Å². The lowest BCUT2D eigenvalue weighted by molar-refractivity contribution is -0.152. The van der Waals surface area contributed by atoms with Crippen LogP contribution in [-0.2, 0) is 14.3 Å². The molecular formula is C28H34N2O6S. The van der Waals surface area contributed by atoms with Crippen molar-refractivity contribution < 1.29 is 28.3 Å². The van der Waals surface area contributed by atoms with Crippen molar-refractivity contribution in [2.75, 3.05) is 37.9 Å². The van der Waals surface area contributed by atoms with Crippen LogP contribution >= 0.6 is 11.8 Å². The monoisotopic (exact) mass is 526 g/mol. The summed E-state index contributed by atoms with van der Waals surface area (Å²) in [6, 6.07) is 18.5. The van der Waals surface area contributed by atoms with E-state index in [1.54, 1.807) is 30.0 Å². The first-order chi connectivity index (χ1) is 18.1. The van der Waals surface area contributed by atoms with Crippen molar-refractivity contribution in [3.8, 4) is 17.0 Å². The second kappa shape index (κ2) is 15.9. The number of thioether (sulfide) groups is 1. The van der Waals surface area contributed by atoms with E-state index >= 15 is 0 Å². The highest BCUT2D eigenvalue weighted by Crippen LogP contribution is 2.25. The fraction of sp³-hybridized carbons (Fsp3) is 0.393. The van der Waals surface area contributed by atoms with Crippen LogP contribution in [0.1, 0.15) is 49.1 Å². The van der Waals surface area contributed by atoms with Crippen LogP contribution in [0.3, 0.4) is 0 Å². The van der Waals surface area contributed by atoms with E-state index in [0.717, 1.165) is 17.1 Å². The molecule has 9 heteroatoms. The SMILES string of the molecule is CCOC(OCC)c1cc(-c2ccc(C(=O)NCCCC(=O)CSCCOc3ccccc3)cc2)no1. The zero-order valence-corrected chi connectivity index (χ0v) is 22.1. The molecule has 198 valence electrons. The first kappa shape index (κ1) is 28.4. The molecule has 0 spiro atoms. The van der Waals surface area contributed by atoms with E-state index < -0.39 is 6.29 Å². The molecule has 0 aliphatic carbocycles. The number of carbonyl (C=O) groups is 2. The number of carbonyl (C=O) groups excluding carboxylic acids is 2. The Bertz CT molecular complexity index is 1080. The standard InChI is InChI=1S/C28H34N2O6S/c1-3-33-28(34-4-2)26-19-25(30-36-26)21-12-14-22(15-13-21)27(32)29-16-8-9-23(31)20-37-18-17-35-24-10-6-5-7-11-24/h5-7,10-15,19,28H,3-4,8-9,16-18,20H2,1-2H3,(H,29,32). The van der Waals surface area contributed by atoms with Gasteiger partial charge in [0.2, 0.25) is 6.29 Å². The molecule has 0 saturated heterocycles. The van der Waals surface area contributed by atoms with Crippen LogP contribution < -0.4 is 10.1 Å². The highest BCUT2D eigenvalue weighted by Gasteiger charge is 2.18. The average molecular weight is 527 g/mol. The maximum atomic E-state index is 12.5. The molecule has 1 heterocycles. The Hall–Kier alpha value is -3.14. The van der Waals surface area contributed by atoms with Crippen LogP contribution in [-0.4, -0.2) is 54.7 Å². The third-order valence-corrected chi connectivity index (χ3v) is 6.24. The fourth-order valence-corrected chi connectivity index (χ4v) is 4.14. The number of Topliss-reactive ketones (excluding diaryl/α,β-unsaturated/α-hetero) is 1. The normalized spacial score (nSPS) is 11.0. The van der Waals surface area contributed by atoms with Gasteiger partial charge in [-0.05, 0) is 44.5 Å². The molecule has 0 fully saturated rings. The third kappa shape index (κ3) is 9.68. The number of ether oxygens (including phenoxy) is 3. The van der Waals surface area contributed by atoms with Crippen molar-refractivity contribution >= 4 is 23.5 Å². The Labute approximate surface area is 222 Å². The van der Waals surface area contributed by atoms with Gasteiger partial charge in [-0.25, -0.2) is 0 Å². The molecule has 1 aromatic heterocycles. The number of hydrogen-bond acceptors (Lipinski definition) is 8. The zero-order chi connectivity index (χ0) is 26.3. The maximum Gasteiger partial charge on any atom is 0.251 e. The summed E-state index contributed by atoms with van der Waals surface area (Å²) in [5.41, 5.74) is 1.99. The molecule has 0 atom stereocenters. The van der Waals surface area contributed by atoms with E-state index in [-0.39, 0.29) is 11.7 Å². The molecule has 1 N–H and O–H groups in total. The minimum atomic E-state index is -0.597. The number of rotatable bonds is 17. The summed E-state index contributed by atoms with van der Waals surface area (Å²) in [7, 11) is 0. The van der Waals surface area contributed by atoms with E-state index in [0.29, 0.717) is 62.0 Å². The first-order valence-corrected chi connectivity index (χ1v) is 13.6. The lowest BCUT2D eigenvalue weighted by Gasteiger charge is -2.12. The van der Waals surface area contributed by atoms with Crippen LogP contribution in [0, 0.1) is 0 Å². The van der Waals surface area contributed by atoms with Gasteiger partial charge in [0.05, 0.1) is 12.4 Å². The molecule has 3 rings (SSSR count). The van der Waals surface area contributed by atoms with Gasteiger partial charge in [0.1, 0.15) is 17.2 Å². The minimum absolute atomic E-state index is 0.172. The second-order valence-electron chi connectivity index (χ2n) is 8.05. The van der Waals surface area contributed by atoms with Gasteiger partial charge in [-0.1, -0.05) is 35.5 Å². The zero-order valence-electron chi connectivity index (χ0n) is 21.3. The summed E-state index contributed by atoms with van der Waals surface area (Å²) in [5.74, 6) is 2.52. The quantitative estimate of drug-likeness (QED) is 0.187. The molecule has 0 saturated carbocycles. The molecule has 0 unspecified atom stereocenters. The Morgan fingerprint density at radius 2 is 1.76 bits per heavy atom. The minimum Gasteiger partial charge on any atom is -0.493 e. The highest BCUT2D eigenvalue weighted by molar-refractivity contribution is 7.99. The van der Waals surface area contributed by atoms with Gasteiger partial charge in [-0.2, -0.15) is 11.8 Å². The topological polar surface area (TPSA) is 99.9 Å². The van der Waals surface area contributed by atoms with Gasteiger partial charge in [-0.15, -0.1) is 0 Å². The van der Waals surface area contributed by atoms with Crippen LogP contribution in [0.5, 0.6) is 5.75 Å². The van der Waals surface area contributed by atoms with E-state index in [4.69, 9.17) is 18.7 Å². The fourth-order valence-electron chi connectivity index (χ4n) is 3.43. The smallest absolute Gasteiger partial charge is 0.251 e. The van der Waals surface area contributed by atoms with Gasteiger partial charge in [0.15, 0.2) is 5.76 Å². The summed E-state index contributed by atoms with van der Waals surface area (Å²) >= 11 is 1.56. The molecule has 2 aromatic carbocycles. The van der Waals surface area contributed by atoms with Gasteiger partial charge in [0.25, 0.3) is 5.91 Å². The number of amides is 1. The number of ketones is 1. The van der Waals surface area contributed by atoms with Crippen molar-refractivity contribution in [3.05, 3.63) is 72.0 Å². The maximum absolute atomic E-state index is 12.5. The highest BCUT2D eigenvalue weighted by atomic mass is 32.2. The summed E-state index contributed by atoms with van der Waals surface area (Å²) < 4.78 is 22.1. The van der Waals surface area contributed by atoms with Gasteiger partial charge in [-0.3, -0.25) is 9.59 Å². The first-order valence-electron chi connectivity index (χ1n) is 12.5.